The van der Waals surface area contributed by atoms with E-state index in [2.05, 4.69) is 10.0 Å². The van der Waals surface area contributed by atoms with Crippen LogP contribution in [-0.4, -0.2) is 64.7 Å². The summed E-state index contributed by atoms with van der Waals surface area (Å²) in [5.41, 5.74) is 0.496. The van der Waals surface area contributed by atoms with Gasteiger partial charge in [0.2, 0.25) is 10.0 Å². The third-order valence-corrected chi connectivity index (χ3v) is 5.86. The van der Waals surface area contributed by atoms with Gasteiger partial charge in [-0.1, -0.05) is 0 Å². The fourth-order valence-corrected chi connectivity index (χ4v) is 4.24. The highest BCUT2D eigenvalue weighted by Gasteiger charge is 2.23. The second kappa shape index (κ2) is 7.60. The number of nitrogens with one attached hydrogen (secondary N) is 2. The summed E-state index contributed by atoms with van der Waals surface area (Å²) in [5.74, 6) is -0.0910. The minimum atomic E-state index is -3.56. The molecule has 2 N–H and O–H groups in total. The lowest BCUT2D eigenvalue weighted by Crippen LogP contribution is -2.45. The predicted molar refractivity (Wildman–Crippen MR) is 89.4 cm³/mol. The molecule has 1 aromatic rings. The maximum absolute atomic E-state index is 12.4. The van der Waals surface area contributed by atoms with E-state index < -0.39 is 10.0 Å². The van der Waals surface area contributed by atoms with Crippen molar-refractivity contribution in [3.8, 4) is 0 Å². The molecule has 132 valence electrons. The Morgan fingerprint density at radius 2 is 1.92 bits per heavy atom. The molecule has 8 heteroatoms. The van der Waals surface area contributed by atoms with Crippen LogP contribution in [-0.2, 0) is 14.8 Å². The minimum absolute atomic E-state index is 0.0848. The van der Waals surface area contributed by atoms with Gasteiger partial charge in [0.05, 0.1) is 18.1 Å². The highest BCUT2D eigenvalue weighted by atomic mass is 32.2. The molecule has 1 unspecified atom stereocenters. The summed E-state index contributed by atoms with van der Waals surface area (Å²) in [6.45, 7) is 3.78. The number of benzene rings is 1. The van der Waals surface area contributed by atoms with Crippen molar-refractivity contribution >= 4 is 15.9 Å². The molecule has 0 radical (unpaired) electrons. The predicted octanol–water partition coefficient (Wildman–Crippen LogP) is 0.189. The Hall–Kier alpha value is -1.48. The van der Waals surface area contributed by atoms with Crippen molar-refractivity contribution in [1.82, 2.24) is 14.9 Å². The summed E-state index contributed by atoms with van der Waals surface area (Å²) in [5, 5.41) is 3.18. The average molecular weight is 353 g/mol. The third kappa shape index (κ3) is 4.13. The van der Waals surface area contributed by atoms with Crippen molar-refractivity contribution in [3.05, 3.63) is 29.8 Å². The number of rotatable bonds is 4. The molecule has 0 aromatic heterocycles. The van der Waals surface area contributed by atoms with Crippen LogP contribution in [0.5, 0.6) is 0 Å². The quantitative estimate of drug-likeness (QED) is 0.807. The smallest absolute Gasteiger partial charge is 0.254 e. The maximum atomic E-state index is 12.4. The Morgan fingerprint density at radius 3 is 2.54 bits per heavy atom. The first kappa shape index (κ1) is 17.3. The molecule has 2 heterocycles. The average Bonchev–Trinajstić information content (AvgIpc) is 2.62. The molecular formula is C16H23N3O4S. The van der Waals surface area contributed by atoms with Gasteiger partial charge in [-0.3, -0.25) is 4.79 Å². The molecule has 0 spiro atoms. The molecule has 2 aliphatic heterocycles. The number of morpholine rings is 1. The van der Waals surface area contributed by atoms with Gasteiger partial charge < -0.3 is 15.0 Å². The van der Waals surface area contributed by atoms with Crippen LogP contribution in [0.15, 0.2) is 29.2 Å². The lowest BCUT2D eigenvalue weighted by atomic mass is 10.1. The number of ether oxygens (including phenoxy) is 1. The molecule has 2 fully saturated rings. The molecule has 0 bridgehead atoms. The summed E-state index contributed by atoms with van der Waals surface area (Å²) >= 11 is 0. The zero-order chi connectivity index (χ0) is 17.0. The first-order valence-corrected chi connectivity index (χ1v) is 9.75. The number of sulfonamides is 1. The second-order valence-corrected chi connectivity index (χ2v) is 7.81. The van der Waals surface area contributed by atoms with E-state index in [1.807, 2.05) is 0 Å². The number of hydrogen-bond acceptors (Lipinski definition) is 5. The third-order valence-electron chi connectivity index (χ3n) is 4.33. The lowest BCUT2D eigenvalue weighted by Gasteiger charge is -2.27. The Balaban J connectivity index is 1.67. The van der Waals surface area contributed by atoms with Gasteiger partial charge >= 0.3 is 0 Å². The maximum Gasteiger partial charge on any atom is 0.254 e. The van der Waals surface area contributed by atoms with Crippen LogP contribution in [0, 0.1) is 0 Å². The van der Waals surface area contributed by atoms with Gasteiger partial charge in [-0.05, 0) is 43.7 Å². The van der Waals surface area contributed by atoms with Gasteiger partial charge in [-0.15, -0.1) is 0 Å². The Morgan fingerprint density at radius 1 is 1.21 bits per heavy atom. The van der Waals surface area contributed by atoms with Gasteiger partial charge in [0.1, 0.15) is 0 Å². The highest BCUT2D eigenvalue weighted by molar-refractivity contribution is 7.89. The molecule has 2 aliphatic rings. The van der Waals surface area contributed by atoms with E-state index in [0.717, 1.165) is 19.4 Å². The standard InChI is InChI=1S/C16H23N3O4S/c20-16(19-8-10-23-11-9-19)13-3-5-15(6-4-13)24(21,22)18-14-2-1-7-17-12-14/h3-6,14,17-18H,1-2,7-12H2. The van der Waals surface area contributed by atoms with E-state index in [9.17, 15) is 13.2 Å². The molecule has 0 aliphatic carbocycles. The minimum Gasteiger partial charge on any atom is -0.378 e. The SMILES string of the molecule is O=C(c1ccc(S(=O)(=O)NC2CCCNC2)cc1)N1CCOCC1. The molecule has 2 saturated heterocycles. The van der Waals surface area contributed by atoms with Gasteiger partial charge in [0.15, 0.2) is 0 Å². The van der Waals surface area contributed by atoms with Crippen molar-refractivity contribution in [2.24, 2.45) is 0 Å². The summed E-state index contributed by atoms with van der Waals surface area (Å²) in [6.07, 6.45) is 1.79. The second-order valence-electron chi connectivity index (χ2n) is 6.09. The molecule has 0 saturated carbocycles. The van der Waals surface area contributed by atoms with Crippen LogP contribution in [0.1, 0.15) is 23.2 Å². The Kier molecular flexibility index (Phi) is 5.50. The molecule has 1 atom stereocenters. The zero-order valence-electron chi connectivity index (χ0n) is 13.5. The topological polar surface area (TPSA) is 87.7 Å². The van der Waals surface area contributed by atoms with Crippen molar-refractivity contribution in [2.45, 2.75) is 23.8 Å². The Bertz CT molecular complexity index is 663. The molecular weight excluding hydrogens is 330 g/mol. The van der Waals surface area contributed by atoms with E-state index in [1.165, 1.54) is 12.1 Å². The zero-order valence-corrected chi connectivity index (χ0v) is 14.3. The first-order chi connectivity index (χ1) is 11.6. The number of hydrogen-bond donors (Lipinski definition) is 2. The van der Waals surface area contributed by atoms with Gasteiger partial charge in [0.25, 0.3) is 5.91 Å². The largest absolute Gasteiger partial charge is 0.378 e. The van der Waals surface area contributed by atoms with E-state index in [4.69, 9.17) is 4.74 Å². The van der Waals surface area contributed by atoms with Crippen LogP contribution in [0.4, 0.5) is 0 Å². The van der Waals surface area contributed by atoms with E-state index in [0.29, 0.717) is 38.4 Å². The summed E-state index contributed by atoms with van der Waals surface area (Å²) in [4.78, 5) is 14.3. The first-order valence-electron chi connectivity index (χ1n) is 8.26. The fraction of sp³-hybridized carbons (Fsp3) is 0.562. The monoisotopic (exact) mass is 353 g/mol. The summed E-state index contributed by atoms with van der Waals surface area (Å²) in [6, 6.07) is 6.05. The number of carbonyl (C=O) groups excluding carboxylic acids is 1. The molecule has 3 rings (SSSR count). The van der Waals surface area contributed by atoms with Crippen LogP contribution < -0.4 is 10.0 Å². The van der Waals surface area contributed by atoms with E-state index >= 15 is 0 Å². The number of piperidine rings is 1. The van der Waals surface area contributed by atoms with Crippen LogP contribution in [0.3, 0.4) is 0 Å². The molecule has 7 nitrogen and oxygen atoms in total. The molecule has 1 aromatic carbocycles. The molecule has 24 heavy (non-hydrogen) atoms. The van der Waals surface area contributed by atoms with Crippen LogP contribution in [0.2, 0.25) is 0 Å². The highest BCUT2D eigenvalue weighted by Crippen LogP contribution is 2.15. The Labute approximate surface area is 142 Å². The number of nitrogens with zero attached hydrogens (tertiary/aromatic N) is 1. The van der Waals surface area contributed by atoms with Crippen molar-refractivity contribution in [2.75, 3.05) is 39.4 Å². The van der Waals surface area contributed by atoms with Gasteiger partial charge in [0, 0.05) is 31.2 Å². The number of carbonyl (C=O) groups is 1. The summed E-state index contributed by atoms with van der Waals surface area (Å²) in [7, 11) is -3.56. The molecule has 1 amide bonds. The van der Waals surface area contributed by atoms with E-state index in [-0.39, 0.29) is 16.8 Å². The summed E-state index contributed by atoms with van der Waals surface area (Å²) < 4.78 is 32.8. The van der Waals surface area contributed by atoms with Gasteiger partial charge in [-0.25, -0.2) is 13.1 Å². The van der Waals surface area contributed by atoms with Gasteiger partial charge in [-0.2, -0.15) is 0 Å². The lowest BCUT2D eigenvalue weighted by molar-refractivity contribution is 0.0303. The van der Waals surface area contributed by atoms with E-state index in [1.54, 1.807) is 17.0 Å². The van der Waals surface area contributed by atoms with Crippen LogP contribution >= 0.6 is 0 Å². The van der Waals surface area contributed by atoms with Crippen molar-refractivity contribution in [3.63, 3.8) is 0 Å². The van der Waals surface area contributed by atoms with Crippen molar-refractivity contribution in [1.29, 1.82) is 0 Å². The normalized spacial score (nSPS) is 22.3. The number of amides is 1. The van der Waals surface area contributed by atoms with Crippen LogP contribution in [0.25, 0.3) is 0 Å². The van der Waals surface area contributed by atoms with Crippen molar-refractivity contribution < 1.29 is 17.9 Å². The fourth-order valence-electron chi connectivity index (χ4n) is 2.97.